The number of anilines is 1. The van der Waals surface area contributed by atoms with Crippen molar-refractivity contribution in [2.45, 2.75) is 82.4 Å². The van der Waals surface area contributed by atoms with Crippen LogP contribution < -0.4 is 4.31 Å². The minimum atomic E-state index is -4.11. The molecule has 2 aromatic rings. The van der Waals surface area contributed by atoms with Crippen LogP contribution in [0.15, 0.2) is 53.7 Å². The maximum atomic E-state index is 14.2. The molecule has 3 atom stereocenters. The maximum Gasteiger partial charge on any atom is 0.282 e. The number of para-hydroxylation sites is 1. The summed E-state index contributed by atoms with van der Waals surface area (Å²) in [6, 6.07) is 13.0. The molecular weight excluding hydrogens is 476 g/mol. The fourth-order valence-electron chi connectivity index (χ4n) is 5.01. The first kappa shape index (κ1) is 27.6. The molecule has 1 heterocycles. The lowest BCUT2D eigenvalue weighted by molar-refractivity contribution is -0.0680. The first-order chi connectivity index (χ1) is 16.4. The van der Waals surface area contributed by atoms with Gasteiger partial charge in [-0.2, -0.15) is 8.42 Å². The Hall–Kier alpha value is -2.03. The molecule has 1 fully saturated rings. The van der Waals surface area contributed by atoms with Gasteiger partial charge in [0, 0.05) is 20.9 Å². The van der Waals surface area contributed by atoms with Crippen LogP contribution in [-0.2, 0) is 14.8 Å². The van der Waals surface area contributed by atoms with Crippen molar-refractivity contribution in [3.05, 3.63) is 54.2 Å². The summed E-state index contributed by atoms with van der Waals surface area (Å²) in [5.41, 5.74) is 0.229. The van der Waals surface area contributed by atoms with E-state index in [1.807, 2.05) is 30.3 Å². The van der Waals surface area contributed by atoms with Gasteiger partial charge in [0.2, 0.25) is 0 Å². The van der Waals surface area contributed by atoms with E-state index in [1.54, 1.807) is 6.07 Å². The van der Waals surface area contributed by atoms with Crippen molar-refractivity contribution in [1.29, 1.82) is 0 Å². The lowest BCUT2D eigenvalue weighted by atomic mass is 9.71. The van der Waals surface area contributed by atoms with Gasteiger partial charge in [0.15, 0.2) is 11.3 Å². The van der Waals surface area contributed by atoms with Gasteiger partial charge in [-0.15, -0.1) is 0 Å². The highest BCUT2D eigenvalue weighted by Gasteiger charge is 2.46. The number of benzene rings is 1. The molecule has 0 amide bonds. The summed E-state index contributed by atoms with van der Waals surface area (Å²) in [5.74, 6) is 0.421. The molecule has 192 valence electrons. The molecule has 1 aromatic heterocycles. The summed E-state index contributed by atoms with van der Waals surface area (Å²) in [6.07, 6.45) is 4.33. The third kappa shape index (κ3) is 6.60. The standard InChI is InChI=1S/C27H40N2O4SSi/c1-21(2)24-14-15-27(3,33-17-18-35(4,5)6)19-25(24)29(23-12-8-7-9-13-23)34(31,32)26-22(20-30)11-10-16-28-26/h7-13,16,20-21,24-25H,14-15,17-19H2,1-6H3. The molecule has 0 aliphatic heterocycles. The molecule has 8 heteroatoms. The number of rotatable bonds is 10. The normalized spacial score (nSPS) is 23.3. The van der Waals surface area contributed by atoms with Crippen LogP contribution in [0.1, 0.15) is 50.4 Å². The van der Waals surface area contributed by atoms with Gasteiger partial charge >= 0.3 is 0 Å². The predicted molar refractivity (Wildman–Crippen MR) is 144 cm³/mol. The van der Waals surface area contributed by atoms with Crippen molar-refractivity contribution >= 4 is 30.1 Å². The molecule has 0 N–H and O–H groups in total. The van der Waals surface area contributed by atoms with E-state index < -0.39 is 23.7 Å². The van der Waals surface area contributed by atoms with Gasteiger partial charge in [0.05, 0.1) is 22.9 Å². The highest BCUT2D eigenvalue weighted by atomic mass is 32.2. The highest BCUT2D eigenvalue weighted by molar-refractivity contribution is 7.92. The molecule has 0 saturated heterocycles. The SMILES string of the molecule is CC(C)C1CCC(C)(OCC[Si](C)(C)C)CC1N(c1ccccc1)S(=O)(=O)c1ncccc1C=O. The number of carbonyl (C=O) groups is 1. The van der Waals surface area contributed by atoms with Crippen LogP contribution in [0.4, 0.5) is 5.69 Å². The molecule has 1 aromatic carbocycles. The number of pyridine rings is 1. The van der Waals surface area contributed by atoms with E-state index in [0.717, 1.165) is 18.9 Å². The largest absolute Gasteiger partial charge is 0.376 e. The van der Waals surface area contributed by atoms with Crippen molar-refractivity contribution in [1.82, 2.24) is 4.98 Å². The Bertz CT molecular complexity index is 1100. The Morgan fingerprint density at radius 1 is 1.17 bits per heavy atom. The topological polar surface area (TPSA) is 76.6 Å². The Morgan fingerprint density at radius 2 is 1.86 bits per heavy atom. The molecule has 3 unspecified atom stereocenters. The van der Waals surface area contributed by atoms with Crippen LogP contribution in [0, 0.1) is 11.8 Å². The first-order valence-corrected chi connectivity index (χ1v) is 17.7. The van der Waals surface area contributed by atoms with Crippen LogP contribution in [0.2, 0.25) is 25.7 Å². The van der Waals surface area contributed by atoms with E-state index in [9.17, 15) is 13.2 Å². The number of nitrogens with zero attached hydrogens (tertiary/aromatic N) is 2. The van der Waals surface area contributed by atoms with E-state index in [-0.39, 0.29) is 28.5 Å². The summed E-state index contributed by atoms with van der Waals surface area (Å²) >= 11 is 0. The number of aldehydes is 1. The zero-order valence-corrected chi connectivity index (χ0v) is 23.7. The van der Waals surface area contributed by atoms with Crippen LogP contribution in [-0.4, -0.2) is 46.0 Å². The van der Waals surface area contributed by atoms with Crippen LogP contribution in [0.5, 0.6) is 0 Å². The third-order valence-electron chi connectivity index (χ3n) is 7.04. The second-order valence-corrected chi connectivity index (χ2v) is 18.8. The average Bonchev–Trinajstić information content (AvgIpc) is 2.78. The average molecular weight is 517 g/mol. The predicted octanol–water partition coefficient (Wildman–Crippen LogP) is 6.03. The minimum absolute atomic E-state index is 0.0690. The second kappa shape index (κ2) is 10.9. The fourth-order valence-corrected chi connectivity index (χ4v) is 7.51. The Labute approximate surface area is 212 Å². The quantitative estimate of drug-likeness (QED) is 0.285. The lowest BCUT2D eigenvalue weighted by Gasteiger charge is -2.48. The molecule has 0 radical (unpaired) electrons. The number of sulfonamides is 1. The van der Waals surface area contributed by atoms with Crippen LogP contribution in [0.3, 0.4) is 0 Å². The van der Waals surface area contributed by atoms with Crippen molar-refractivity contribution < 1.29 is 17.9 Å². The Morgan fingerprint density at radius 3 is 2.46 bits per heavy atom. The maximum absolute atomic E-state index is 14.2. The minimum Gasteiger partial charge on any atom is -0.376 e. The zero-order valence-electron chi connectivity index (χ0n) is 21.9. The summed E-state index contributed by atoms with van der Waals surface area (Å²) < 4.78 is 36.4. The molecule has 35 heavy (non-hydrogen) atoms. The first-order valence-electron chi connectivity index (χ1n) is 12.5. The summed E-state index contributed by atoms with van der Waals surface area (Å²) in [6.45, 7) is 14.1. The summed E-state index contributed by atoms with van der Waals surface area (Å²) in [7, 11) is -5.37. The van der Waals surface area contributed by atoms with Gasteiger partial charge in [-0.05, 0) is 68.3 Å². The van der Waals surface area contributed by atoms with Crippen molar-refractivity contribution in [2.24, 2.45) is 11.8 Å². The van der Waals surface area contributed by atoms with E-state index in [2.05, 4.69) is 45.4 Å². The monoisotopic (exact) mass is 516 g/mol. The van der Waals surface area contributed by atoms with Crippen molar-refractivity contribution in [3.63, 3.8) is 0 Å². The van der Waals surface area contributed by atoms with E-state index in [0.29, 0.717) is 25.0 Å². The zero-order chi connectivity index (χ0) is 25.9. The molecule has 1 saturated carbocycles. The number of ether oxygens (including phenoxy) is 1. The Kier molecular flexibility index (Phi) is 8.60. The van der Waals surface area contributed by atoms with Gasteiger partial charge in [0.25, 0.3) is 10.0 Å². The molecule has 1 aliphatic rings. The number of carbonyl (C=O) groups excluding carboxylic acids is 1. The van der Waals surface area contributed by atoms with Gasteiger partial charge in [-0.1, -0.05) is 51.7 Å². The molecular formula is C27H40N2O4SSi. The second-order valence-electron chi connectivity index (χ2n) is 11.5. The van der Waals surface area contributed by atoms with Crippen LogP contribution >= 0.6 is 0 Å². The van der Waals surface area contributed by atoms with E-state index in [4.69, 9.17) is 4.74 Å². The van der Waals surface area contributed by atoms with E-state index >= 15 is 0 Å². The molecule has 0 bridgehead atoms. The third-order valence-corrected chi connectivity index (χ3v) is 10.6. The molecule has 1 aliphatic carbocycles. The number of aromatic nitrogens is 1. The van der Waals surface area contributed by atoms with Gasteiger partial charge in [-0.25, -0.2) is 4.98 Å². The highest BCUT2D eigenvalue weighted by Crippen LogP contribution is 2.44. The number of hydrogen-bond donors (Lipinski definition) is 0. The molecule has 0 spiro atoms. The Balaban J connectivity index is 2.08. The van der Waals surface area contributed by atoms with Crippen molar-refractivity contribution in [2.75, 3.05) is 10.9 Å². The fraction of sp³-hybridized carbons (Fsp3) is 0.556. The van der Waals surface area contributed by atoms with Gasteiger partial charge < -0.3 is 4.74 Å². The van der Waals surface area contributed by atoms with Crippen LogP contribution in [0.25, 0.3) is 0 Å². The van der Waals surface area contributed by atoms with Gasteiger partial charge in [0.1, 0.15) is 0 Å². The smallest absolute Gasteiger partial charge is 0.282 e. The molecule has 6 nitrogen and oxygen atoms in total. The van der Waals surface area contributed by atoms with Crippen molar-refractivity contribution in [3.8, 4) is 0 Å². The van der Waals surface area contributed by atoms with E-state index in [1.165, 1.54) is 16.6 Å². The summed E-state index contributed by atoms with van der Waals surface area (Å²) in [5, 5.41) is -0.201. The lowest BCUT2D eigenvalue weighted by Crippen LogP contribution is -2.54. The van der Waals surface area contributed by atoms with Gasteiger partial charge in [-0.3, -0.25) is 9.10 Å². The molecule has 3 rings (SSSR count). The summed E-state index contributed by atoms with van der Waals surface area (Å²) in [4.78, 5) is 15.9. The number of hydrogen-bond acceptors (Lipinski definition) is 5.